The van der Waals surface area contributed by atoms with E-state index in [1.165, 1.54) is 12.8 Å². The van der Waals surface area contributed by atoms with Crippen LogP contribution in [0.2, 0.25) is 0 Å². The lowest BCUT2D eigenvalue weighted by Crippen LogP contribution is -2.50. The highest BCUT2D eigenvalue weighted by Gasteiger charge is 2.28. The predicted molar refractivity (Wildman–Crippen MR) is 75.7 cm³/mol. The van der Waals surface area contributed by atoms with Gasteiger partial charge in [0.15, 0.2) is 0 Å². The van der Waals surface area contributed by atoms with Crippen LogP contribution in [0.15, 0.2) is 0 Å². The van der Waals surface area contributed by atoms with E-state index < -0.39 is 0 Å². The number of nitrogens with one attached hydrogen (secondary N) is 1. The second kappa shape index (κ2) is 7.46. The van der Waals surface area contributed by atoms with Crippen molar-refractivity contribution in [3.05, 3.63) is 0 Å². The van der Waals surface area contributed by atoms with Gasteiger partial charge in [0, 0.05) is 0 Å². The Kier molecular flexibility index (Phi) is 6.61. The zero-order valence-electron chi connectivity index (χ0n) is 12.5. The molecule has 1 aliphatic rings. The SMILES string of the molecule is CCCNC(C)(CO)COC1CCC(C)C(C)C1. The van der Waals surface area contributed by atoms with Crippen molar-refractivity contribution in [2.24, 2.45) is 11.8 Å². The highest BCUT2D eigenvalue weighted by molar-refractivity contribution is 4.83. The van der Waals surface area contributed by atoms with E-state index in [-0.39, 0.29) is 12.1 Å². The number of rotatable bonds is 7. The van der Waals surface area contributed by atoms with Gasteiger partial charge in [0.05, 0.1) is 24.9 Å². The zero-order valence-corrected chi connectivity index (χ0v) is 12.5. The van der Waals surface area contributed by atoms with Crippen molar-refractivity contribution in [2.45, 2.75) is 65.0 Å². The average molecular weight is 257 g/mol. The lowest BCUT2D eigenvalue weighted by molar-refractivity contribution is -0.0349. The Bertz CT molecular complexity index is 235. The number of aliphatic hydroxyl groups is 1. The first-order valence-electron chi connectivity index (χ1n) is 7.48. The maximum Gasteiger partial charge on any atom is 0.0671 e. The topological polar surface area (TPSA) is 41.5 Å². The first kappa shape index (κ1) is 15.9. The molecule has 0 amide bonds. The van der Waals surface area contributed by atoms with E-state index in [9.17, 15) is 5.11 Å². The van der Waals surface area contributed by atoms with E-state index in [4.69, 9.17) is 4.74 Å². The summed E-state index contributed by atoms with van der Waals surface area (Å²) in [5.41, 5.74) is -0.289. The van der Waals surface area contributed by atoms with Gasteiger partial charge in [-0.05, 0) is 51.0 Å². The van der Waals surface area contributed by atoms with Gasteiger partial charge >= 0.3 is 0 Å². The van der Waals surface area contributed by atoms with Gasteiger partial charge in [-0.25, -0.2) is 0 Å². The molecule has 4 atom stereocenters. The first-order chi connectivity index (χ1) is 8.50. The van der Waals surface area contributed by atoms with Crippen LogP contribution in [0.5, 0.6) is 0 Å². The van der Waals surface area contributed by atoms with Gasteiger partial charge in [0.25, 0.3) is 0 Å². The third kappa shape index (κ3) is 4.87. The van der Waals surface area contributed by atoms with Crippen molar-refractivity contribution in [2.75, 3.05) is 19.8 Å². The summed E-state index contributed by atoms with van der Waals surface area (Å²) in [7, 11) is 0. The summed E-state index contributed by atoms with van der Waals surface area (Å²) in [6.45, 7) is 10.5. The van der Waals surface area contributed by atoms with Crippen molar-refractivity contribution in [1.29, 1.82) is 0 Å². The molecule has 0 spiro atoms. The summed E-state index contributed by atoms with van der Waals surface area (Å²) in [5.74, 6) is 1.58. The van der Waals surface area contributed by atoms with Crippen LogP contribution in [0, 0.1) is 11.8 Å². The normalized spacial score (nSPS) is 32.2. The maximum atomic E-state index is 9.49. The minimum absolute atomic E-state index is 0.131. The Morgan fingerprint density at radius 3 is 2.56 bits per heavy atom. The molecular weight excluding hydrogens is 226 g/mol. The molecule has 4 unspecified atom stereocenters. The van der Waals surface area contributed by atoms with E-state index in [0.29, 0.717) is 12.7 Å². The minimum atomic E-state index is -0.289. The van der Waals surface area contributed by atoms with Crippen LogP contribution in [-0.2, 0) is 4.74 Å². The summed E-state index contributed by atoms with van der Waals surface area (Å²) in [6.07, 6.45) is 5.06. The molecule has 1 aliphatic carbocycles. The summed E-state index contributed by atoms with van der Waals surface area (Å²) >= 11 is 0. The molecule has 0 saturated heterocycles. The fraction of sp³-hybridized carbons (Fsp3) is 1.00. The molecule has 0 aromatic carbocycles. The van der Waals surface area contributed by atoms with Gasteiger partial charge in [-0.15, -0.1) is 0 Å². The van der Waals surface area contributed by atoms with Crippen molar-refractivity contribution in [3.63, 3.8) is 0 Å². The van der Waals surface area contributed by atoms with Crippen LogP contribution in [0.4, 0.5) is 0 Å². The van der Waals surface area contributed by atoms with Crippen LogP contribution in [0.1, 0.15) is 53.4 Å². The average Bonchev–Trinajstić information content (AvgIpc) is 2.38. The molecular formula is C15H31NO2. The van der Waals surface area contributed by atoms with Crippen molar-refractivity contribution in [3.8, 4) is 0 Å². The largest absolute Gasteiger partial charge is 0.394 e. The highest BCUT2D eigenvalue weighted by Crippen LogP contribution is 2.31. The molecule has 1 saturated carbocycles. The van der Waals surface area contributed by atoms with E-state index in [1.807, 2.05) is 6.92 Å². The highest BCUT2D eigenvalue weighted by atomic mass is 16.5. The van der Waals surface area contributed by atoms with E-state index in [1.54, 1.807) is 0 Å². The Hall–Kier alpha value is -0.120. The summed E-state index contributed by atoms with van der Waals surface area (Å²) in [6, 6.07) is 0. The lowest BCUT2D eigenvalue weighted by Gasteiger charge is -2.35. The molecule has 2 N–H and O–H groups in total. The molecule has 3 heteroatoms. The maximum absolute atomic E-state index is 9.49. The van der Waals surface area contributed by atoms with Crippen LogP contribution in [0.3, 0.4) is 0 Å². The van der Waals surface area contributed by atoms with Gasteiger partial charge < -0.3 is 15.2 Å². The van der Waals surface area contributed by atoms with Crippen LogP contribution in [0.25, 0.3) is 0 Å². The fourth-order valence-electron chi connectivity index (χ4n) is 2.53. The Morgan fingerprint density at radius 2 is 2.00 bits per heavy atom. The van der Waals surface area contributed by atoms with Crippen molar-refractivity contribution < 1.29 is 9.84 Å². The van der Waals surface area contributed by atoms with Gasteiger partial charge in [0.2, 0.25) is 0 Å². The van der Waals surface area contributed by atoms with Crippen molar-refractivity contribution >= 4 is 0 Å². The van der Waals surface area contributed by atoms with Gasteiger partial charge in [-0.1, -0.05) is 20.8 Å². The van der Waals surface area contributed by atoms with Crippen molar-refractivity contribution in [1.82, 2.24) is 5.32 Å². The number of aliphatic hydroxyl groups excluding tert-OH is 1. The number of hydrogen-bond acceptors (Lipinski definition) is 3. The molecule has 1 fully saturated rings. The molecule has 1 rings (SSSR count). The molecule has 0 heterocycles. The van der Waals surface area contributed by atoms with Crippen LogP contribution >= 0.6 is 0 Å². The summed E-state index contributed by atoms with van der Waals surface area (Å²) in [4.78, 5) is 0. The predicted octanol–water partition coefficient (Wildman–Crippen LogP) is 2.58. The first-order valence-corrected chi connectivity index (χ1v) is 7.48. The standard InChI is InChI=1S/C15H31NO2/c1-5-8-16-15(4,10-17)11-18-14-7-6-12(2)13(3)9-14/h12-14,16-17H,5-11H2,1-4H3. The smallest absolute Gasteiger partial charge is 0.0671 e. The minimum Gasteiger partial charge on any atom is -0.394 e. The quantitative estimate of drug-likeness (QED) is 0.736. The second-order valence-corrected chi connectivity index (χ2v) is 6.35. The molecule has 0 aromatic rings. The number of hydrogen-bond donors (Lipinski definition) is 2. The Balaban J connectivity index is 2.34. The second-order valence-electron chi connectivity index (χ2n) is 6.35. The van der Waals surface area contributed by atoms with Crippen LogP contribution in [-0.4, -0.2) is 36.5 Å². The van der Waals surface area contributed by atoms with E-state index in [2.05, 4.69) is 26.1 Å². The molecule has 0 radical (unpaired) electrons. The Labute approximate surface area is 112 Å². The Morgan fingerprint density at radius 1 is 1.28 bits per heavy atom. The molecule has 0 aromatic heterocycles. The molecule has 0 aliphatic heterocycles. The van der Waals surface area contributed by atoms with Gasteiger partial charge in [-0.2, -0.15) is 0 Å². The van der Waals surface area contributed by atoms with Gasteiger partial charge in [-0.3, -0.25) is 0 Å². The monoisotopic (exact) mass is 257 g/mol. The third-order valence-corrected chi connectivity index (χ3v) is 4.34. The van der Waals surface area contributed by atoms with E-state index in [0.717, 1.165) is 31.2 Å². The molecule has 108 valence electrons. The molecule has 3 nitrogen and oxygen atoms in total. The zero-order chi connectivity index (χ0) is 13.6. The fourth-order valence-corrected chi connectivity index (χ4v) is 2.53. The van der Waals surface area contributed by atoms with Crippen LogP contribution < -0.4 is 5.32 Å². The number of ether oxygens (including phenoxy) is 1. The summed E-state index contributed by atoms with van der Waals surface area (Å²) in [5, 5.41) is 12.9. The molecule has 0 bridgehead atoms. The summed E-state index contributed by atoms with van der Waals surface area (Å²) < 4.78 is 6.03. The molecule has 18 heavy (non-hydrogen) atoms. The van der Waals surface area contributed by atoms with E-state index >= 15 is 0 Å². The lowest BCUT2D eigenvalue weighted by atomic mass is 9.80. The van der Waals surface area contributed by atoms with Gasteiger partial charge in [0.1, 0.15) is 0 Å². The third-order valence-electron chi connectivity index (χ3n) is 4.34.